The summed E-state index contributed by atoms with van der Waals surface area (Å²) >= 11 is 1.79. The van der Waals surface area contributed by atoms with Crippen molar-refractivity contribution in [3.05, 3.63) is 35.0 Å². The molecule has 4 rings (SSSR count). The summed E-state index contributed by atoms with van der Waals surface area (Å²) in [7, 11) is 0. The molecule has 1 saturated carbocycles. The van der Waals surface area contributed by atoms with Gasteiger partial charge in [-0.15, -0.1) is 11.3 Å². The van der Waals surface area contributed by atoms with E-state index in [2.05, 4.69) is 42.3 Å². The molecular formula is C13H13N5S. The molecule has 0 saturated heterocycles. The van der Waals surface area contributed by atoms with Crippen LogP contribution in [-0.2, 0) is 6.54 Å². The van der Waals surface area contributed by atoms with E-state index in [1.165, 1.54) is 17.7 Å². The van der Waals surface area contributed by atoms with Gasteiger partial charge in [-0.2, -0.15) is 0 Å². The van der Waals surface area contributed by atoms with Gasteiger partial charge in [0.2, 0.25) is 0 Å². The van der Waals surface area contributed by atoms with Gasteiger partial charge in [-0.3, -0.25) is 0 Å². The van der Waals surface area contributed by atoms with Crippen LogP contribution in [0.1, 0.15) is 17.7 Å². The fourth-order valence-corrected chi connectivity index (χ4v) is 3.01. The molecule has 5 nitrogen and oxygen atoms in total. The number of anilines is 1. The Morgan fingerprint density at radius 2 is 2.26 bits per heavy atom. The molecule has 3 aromatic heterocycles. The normalized spacial score (nSPS) is 14.9. The minimum atomic E-state index is 0.600. The number of nitrogens with zero attached hydrogens (tertiary/aromatic N) is 4. The van der Waals surface area contributed by atoms with Gasteiger partial charge in [-0.25, -0.2) is 15.0 Å². The molecule has 0 unspecified atom stereocenters. The van der Waals surface area contributed by atoms with E-state index in [9.17, 15) is 0 Å². The number of rotatable bonds is 4. The van der Waals surface area contributed by atoms with Crippen LogP contribution >= 0.6 is 11.3 Å². The van der Waals surface area contributed by atoms with E-state index < -0.39 is 0 Å². The summed E-state index contributed by atoms with van der Waals surface area (Å²) in [5.41, 5.74) is 1.67. The average Bonchev–Trinajstić information content (AvgIpc) is 2.95. The van der Waals surface area contributed by atoms with Crippen molar-refractivity contribution in [2.45, 2.75) is 25.4 Å². The predicted octanol–water partition coefficient (Wildman–Crippen LogP) is 2.58. The molecule has 0 spiro atoms. The van der Waals surface area contributed by atoms with E-state index in [-0.39, 0.29) is 0 Å². The largest absolute Gasteiger partial charge is 0.347 e. The first-order chi connectivity index (χ1) is 9.42. The van der Waals surface area contributed by atoms with Gasteiger partial charge >= 0.3 is 0 Å². The van der Waals surface area contributed by atoms with Crippen LogP contribution in [0.2, 0.25) is 0 Å². The first kappa shape index (κ1) is 10.9. The van der Waals surface area contributed by atoms with Crippen LogP contribution in [0.5, 0.6) is 0 Å². The van der Waals surface area contributed by atoms with Crippen molar-refractivity contribution in [1.29, 1.82) is 0 Å². The van der Waals surface area contributed by atoms with Gasteiger partial charge in [0.25, 0.3) is 0 Å². The second-order valence-electron chi connectivity index (χ2n) is 4.74. The molecule has 0 amide bonds. The molecule has 1 fully saturated rings. The summed E-state index contributed by atoms with van der Waals surface area (Å²) in [5.74, 6) is 0.971. The Bertz CT molecular complexity index is 686. The lowest BCUT2D eigenvalue weighted by Gasteiger charge is -2.22. The molecule has 3 heterocycles. The van der Waals surface area contributed by atoms with E-state index in [4.69, 9.17) is 0 Å². The predicted molar refractivity (Wildman–Crippen MR) is 75.2 cm³/mol. The average molecular weight is 271 g/mol. The quantitative estimate of drug-likeness (QED) is 0.792. The van der Waals surface area contributed by atoms with Crippen LogP contribution in [0.4, 0.5) is 5.82 Å². The molecule has 19 heavy (non-hydrogen) atoms. The maximum atomic E-state index is 4.47. The molecule has 0 aliphatic heterocycles. The zero-order valence-corrected chi connectivity index (χ0v) is 11.1. The highest BCUT2D eigenvalue weighted by Gasteiger charge is 2.31. The fraction of sp³-hybridized carbons (Fsp3) is 0.308. The lowest BCUT2D eigenvalue weighted by Crippen LogP contribution is -2.25. The highest BCUT2D eigenvalue weighted by Crippen LogP contribution is 2.34. The van der Waals surface area contributed by atoms with Crippen molar-refractivity contribution in [3.63, 3.8) is 0 Å². The Hall–Kier alpha value is -1.95. The van der Waals surface area contributed by atoms with Crippen molar-refractivity contribution in [2.75, 3.05) is 4.90 Å². The summed E-state index contributed by atoms with van der Waals surface area (Å²) in [5, 5.41) is 2.12. The van der Waals surface area contributed by atoms with E-state index >= 15 is 0 Å². The van der Waals surface area contributed by atoms with Crippen molar-refractivity contribution < 1.29 is 0 Å². The fourth-order valence-electron chi connectivity index (χ4n) is 2.30. The second kappa shape index (κ2) is 4.31. The van der Waals surface area contributed by atoms with Crippen LogP contribution in [0.15, 0.2) is 30.2 Å². The van der Waals surface area contributed by atoms with Gasteiger partial charge in [-0.1, -0.05) is 6.07 Å². The molecule has 0 bridgehead atoms. The molecule has 1 N–H and O–H groups in total. The van der Waals surface area contributed by atoms with Crippen molar-refractivity contribution in [2.24, 2.45) is 0 Å². The summed E-state index contributed by atoms with van der Waals surface area (Å²) < 4.78 is 0. The van der Waals surface area contributed by atoms with Crippen molar-refractivity contribution in [3.8, 4) is 0 Å². The third-order valence-corrected chi connectivity index (χ3v) is 4.23. The summed E-state index contributed by atoms with van der Waals surface area (Å²) in [4.78, 5) is 19.7. The Morgan fingerprint density at radius 1 is 1.32 bits per heavy atom. The maximum absolute atomic E-state index is 4.47. The number of H-pyrrole nitrogens is 1. The highest BCUT2D eigenvalue weighted by molar-refractivity contribution is 7.09. The van der Waals surface area contributed by atoms with E-state index in [1.54, 1.807) is 24.0 Å². The van der Waals surface area contributed by atoms with E-state index in [0.717, 1.165) is 23.5 Å². The Labute approximate surface area is 114 Å². The molecule has 0 aromatic carbocycles. The van der Waals surface area contributed by atoms with Gasteiger partial charge < -0.3 is 9.88 Å². The summed E-state index contributed by atoms with van der Waals surface area (Å²) in [6.45, 7) is 0.910. The lowest BCUT2D eigenvalue weighted by molar-refractivity contribution is 0.788. The van der Waals surface area contributed by atoms with Gasteiger partial charge in [-0.05, 0) is 24.3 Å². The van der Waals surface area contributed by atoms with Crippen molar-refractivity contribution in [1.82, 2.24) is 19.9 Å². The number of thiophene rings is 1. The number of nitrogens with one attached hydrogen (secondary N) is 1. The van der Waals surface area contributed by atoms with Crippen LogP contribution in [-0.4, -0.2) is 26.0 Å². The van der Waals surface area contributed by atoms with Gasteiger partial charge in [0, 0.05) is 10.9 Å². The van der Waals surface area contributed by atoms with Crippen molar-refractivity contribution >= 4 is 28.3 Å². The molecule has 1 aliphatic carbocycles. The Kier molecular flexibility index (Phi) is 2.48. The minimum Gasteiger partial charge on any atom is -0.347 e. The smallest absolute Gasteiger partial charge is 0.182 e. The first-order valence-corrected chi connectivity index (χ1v) is 7.23. The monoisotopic (exact) mass is 271 g/mol. The van der Waals surface area contributed by atoms with Crippen LogP contribution in [0.3, 0.4) is 0 Å². The molecule has 6 heteroatoms. The Morgan fingerprint density at radius 3 is 3.05 bits per heavy atom. The zero-order chi connectivity index (χ0) is 12.7. The topological polar surface area (TPSA) is 57.7 Å². The maximum Gasteiger partial charge on any atom is 0.182 e. The highest BCUT2D eigenvalue weighted by atomic mass is 32.1. The van der Waals surface area contributed by atoms with Gasteiger partial charge in [0.1, 0.15) is 11.8 Å². The van der Waals surface area contributed by atoms with Crippen LogP contribution in [0, 0.1) is 0 Å². The molecule has 3 aromatic rings. The number of aromatic amines is 1. The zero-order valence-electron chi connectivity index (χ0n) is 10.3. The third-order valence-electron chi connectivity index (χ3n) is 3.37. The van der Waals surface area contributed by atoms with Crippen LogP contribution in [0.25, 0.3) is 11.2 Å². The lowest BCUT2D eigenvalue weighted by atomic mass is 10.3. The first-order valence-electron chi connectivity index (χ1n) is 6.35. The third kappa shape index (κ3) is 1.98. The van der Waals surface area contributed by atoms with Gasteiger partial charge in [0.05, 0.1) is 12.9 Å². The number of hydrogen-bond donors (Lipinski definition) is 1. The number of aromatic nitrogens is 4. The van der Waals surface area contributed by atoms with Gasteiger partial charge in [0.15, 0.2) is 11.5 Å². The second-order valence-corrected chi connectivity index (χ2v) is 5.77. The van der Waals surface area contributed by atoms with E-state index in [1.807, 2.05) is 0 Å². The summed E-state index contributed by atoms with van der Waals surface area (Å²) in [6.07, 6.45) is 5.76. The van der Waals surface area contributed by atoms with Crippen LogP contribution < -0.4 is 4.90 Å². The number of imidazole rings is 1. The standard InChI is InChI=1S/C13H13N5S/c1-2-10(19-5-1)6-18(9-3-4-9)13-11-12(15-7-14-11)16-8-17-13/h1-2,5,7-9H,3-4,6H2,(H,14,15,16,17). The molecule has 96 valence electrons. The number of fused-ring (bicyclic) bond motifs is 1. The molecule has 0 atom stereocenters. The SMILES string of the molecule is c1csc(CN(c2ncnc3nc[nH]c23)C2CC2)c1. The molecule has 1 aliphatic rings. The minimum absolute atomic E-state index is 0.600. The number of hydrogen-bond acceptors (Lipinski definition) is 5. The molecule has 0 radical (unpaired) electrons. The Balaban J connectivity index is 1.76. The van der Waals surface area contributed by atoms with E-state index in [0.29, 0.717) is 6.04 Å². The summed E-state index contributed by atoms with van der Waals surface area (Å²) in [6, 6.07) is 4.87. The molecular weight excluding hydrogens is 258 g/mol.